The number of nitrogens with one attached hydrogen (secondary N) is 1. The van der Waals surface area contributed by atoms with Gasteiger partial charge in [-0.05, 0) is 42.0 Å². The number of carbonyl (C=O) groups excluding carboxylic acids is 2. The molecule has 0 bridgehead atoms. The molecule has 0 spiro atoms. The molecule has 1 aromatic heterocycles. The number of fused-ring (bicyclic) bond motifs is 1. The van der Waals surface area contributed by atoms with Crippen LogP contribution in [0.5, 0.6) is 0 Å². The summed E-state index contributed by atoms with van der Waals surface area (Å²) in [6.07, 6.45) is 0.813. The molecule has 1 amide bonds. The van der Waals surface area contributed by atoms with E-state index in [1.807, 2.05) is 26.0 Å². The molecule has 37 heavy (non-hydrogen) atoms. The molecule has 0 fully saturated rings. The van der Waals surface area contributed by atoms with Crippen molar-refractivity contribution >= 4 is 51.3 Å². The zero-order chi connectivity index (χ0) is 26.6. The number of hydrogen-bond donors (Lipinski definition) is 2. The Balaban J connectivity index is 1.73. The number of aliphatic hydroxyl groups is 1. The molecule has 0 atom stereocenters. The minimum absolute atomic E-state index is 0.0241. The summed E-state index contributed by atoms with van der Waals surface area (Å²) in [6.45, 7) is 5.51. The summed E-state index contributed by atoms with van der Waals surface area (Å²) >= 11 is 2.15. The normalized spacial score (nSPS) is 21.1. The van der Waals surface area contributed by atoms with Crippen molar-refractivity contribution in [1.29, 1.82) is 15.9 Å². The number of anilines is 2. The van der Waals surface area contributed by atoms with Gasteiger partial charge in [-0.2, -0.15) is 10.5 Å². The molecular formula is C27H21N5O3S2. The number of aliphatic hydroxyl groups excluding tert-OH is 1. The second-order valence-electron chi connectivity index (χ2n) is 9.69. The number of thiophene rings is 1. The molecule has 3 heterocycles. The molecule has 0 saturated heterocycles. The largest absolute Gasteiger partial charge is 0.494 e. The molecule has 2 aliphatic heterocycles. The highest BCUT2D eigenvalue weighted by Crippen LogP contribution is 2.48. The number of para-hydroxylation sites is 1. The Kier molecular flexibility index (Phi) is 5.82. The first-order chi connectivity index (χ1) is 17.6. The number of hydrogen-bond acceptors (Lipinski definition) is 9. The molecule has 2 aromatic rings. The Hall–Kier alpha value is -4.12. The van der Waals surface area contributed by atoms with Gasteiger partial charge in [0.05, 0.1) is 21.6 Å². The average Bonchev–Trinajstić information content (AvgIpc) is 3.39. The van der Waals surface area contributed by atoms with Crippen LogP contribution in [0.2, 0.25) is 0 Å². The lowest BCUT2D eigenvalue weighted by Gasteiger charge is -2.31. The molecule has 5 rings (SSSR count). The van der Waals surface area contributed by atoms with Crippen LogP contribution in [0.25, 0.3) is 0 Å². The lowest BCUT2D eigenvalue weighted by Crippen LogP contribution is -2.43. The smallest absolute Gasteiger partial charge is 0.267 e. The van der Waals surface area contributed by atoms with Crippen LogP contribution in [0.1, 0.15) is 48.0 Å². The van der Waals surface area contributed by atoms with E-state index >= 15 is 0 Å². The number of rotatable bonds is 2. The van der Waals surface area contributed by atoms with E-state index in [4.69, 9.17) is 5.41 Å². The van der Waals surface area contributed by atoms with Gasteiger partial charge >= 0.3 is 0 Å². The predicted octanol–water partition coefficient (Wildman–Crippen LogP) is 5.76. The molecule has 2 N–H and O–H groups in total. The van der Waals surface area contributed by atoms with E-state index < -0.39 is 5.91 Å². The Labute approximate surface area is 221 Å². The quantitative estimate of drug-likeness (QED) is 0.474. The number of nitrogens with zero attached hydrogens (tertiary/aromatic N) is 4. The maximum Gasteiger partial charge on any atom is 0.267 e. The average molecular weight is 528 g/mol. The molecule has 184 valence electrons. The number of amidine groups is 1. The summed E-state index contributed by atoms with van der Waals surface area (Å²) in [5.74, 6) is -1.13. The van der Waals surface area contributed by atoms with Crippen LogP contribution in [0, 0.1) is 33.5 Å². The van der Waals surface area contributed by atoms with Gasteiger partial charge in [-0.25, -0.2) is 4.90 Å². The summed E-state index contributed by atoms with van der Waals surface area (Å²) in [4.78, 5) is 30.1. The Morgan fingerprint density at radius 3 is 2.43 bits per heavy atom. The van der Waals surface area contributed by atoms with Crippen LogP contribution < -0.4 is 9.80 Å². The SMILES string of the molecule is CC1=C(C#N)C(=N)N(c2sc3c(c2C#N)CC(C)(C)CC3=O)C(=O)/C1=C1/SC=C(O)N1c1ccccc1. The van der Waals surface area contributed by atoms with E-state index in [2.05, 4.69) is 6.07 Å². The maximum atomic E-state index is 14.1. The Morgan fingerprint density at radius 1 is 1.08 bits per heavy atom. The van der Waals surface area contributed by atoms with E-state index in [1.54, 1.807) is 31.2 Å². The first kappa shape index (κ1) is 24.6. The highest BCUT2D eigenvalue weighted by molar-refractivity contribution is 8.06. The third-order valence-electron chi connectivity index (χ3n) is 6.53. The number of nitriles is 2. The van der Waals surface area contributed by atoms with Crippen molar-refractivity contribution in [2.45, 2.75) is 33.6 Å². The van der Waals surface area contributed by atoms with Crippen molar-refractivity contribution in [3.8, 4) is 12.1 Å². The van der Waals surface area contributed by atoms with Crippen molar-refractivity contribution in [3.05, 3.63) is 79.4 Å². The summed E-state index contributed by atoms with van der Waals surface area (Å²) in [5.41, 5.74) is 1.47. The van der Waals surface area contributed by atoms with Crippen molar-refractivity contribution in [1.82, 2.24) is 0 Å². The van der Waals surface area contributed by atoms with Crippen LogP contribution in [-0.2, 0) is 11.2 Å². The van der Waals surface area contributed by atoms with Gasteiger partial charge < -0.3 is 5.11 Å². The summed E-state index contributed by atoms with van der Waals surface area (Å²) in [5, 5.41) is 41.5. The molecule has 1 aliphatic carbocycles. The summed E-state index contributed by atoms with van der Waals surface area (Å²) < 4.78 is 0. The summed E-state index contributed by atoms with van der Waals surface area (Å²) in [7, 11) is 0. The number of Topliss-reactive ketones (excluding diaryl/α,β-unsaturated/α-hetero) is 1. The van der Waals surface area contributed by atoms with Gasteiger partial charge in [0.25, 0.3) is 5.91 Å². The van der Waals surface area contributed by atoms with Gasteiger partial charge in [0, 0.05) is 17.5 Å². The standard InChI is InChI=1S/C27H21N5O3S2/c1-14-17(11-28)23(30)32(25-18(12-29)16-9-27(2,3)10-19(33)22(16)37-25)24(35)21(14)26-31(20(34)13-36-26)15-7-5-4-6-8-15/h4-8,13,30,34H,9-10H2,1-3H3/b26-21+,30-23?. The number of ketones is 1. The van der Waals surface area contributed by atoms with Crippen LogP contribution >= 0.6 is 23.1 Å². The minimum Gasteiger partial charge on any atom is -0.494 e. The van der Waals surface area contributed by atoms with Crippen LogP contribution in [-0.4, -0.2) is 22.6 Å². The zero-order valence-electron chi connectivity index (χ0n) is 20.2. The van der Waals surface area contributed by atoms with E-state index in [0.29, 0.717) is 39.6 Å². The van der Waals surface area contributed by atoms with Gasteiger partial charge in [-0.3, -0.25) is 19.9 Å². The third kappa shape index (κ3) is 3.77. The first-order valence-corrected chi connectivity index (χ1v) is 13.1. The molecule has 0 radical (unpaired) electrons. The number of amides is 1. The fourth-order valence-corrected chi connectivity index (χ4v) is 7.06. The molecule has 0 saturated carbocycles. The van der Waals surface area contributed by atoms with E-state index in [0.717, 1.165) is 28.0 Å². The van der Waals surface area contributed by atoms with Crippen molar-refractivity contribution < 1.29 is 14.7 Å². The Morgan fingerprint density at radius 2 is 1.78 bits per heavy atom. The fraction of sp³-hybridized carbons (Fsp3) is 0.222. The second-order valence-corrected chi connectivity index (χ2v) is 11.5. The van der Waals surface area contributed by atoms with Crippen molar-refractivity contribution in [3.63, 3.8) is 0 Å². The van der Waals surface area contributed by atoms with E-state index in [9.17, 15) is 25.2 Å². The van der Waals surface area contributed by atoms with Gasteiger partial charge in [-0.15, -0.1) is 11.3 Å². The Bertz CT molecular complexity index is 1580. The van der Waals surface area contributed by atoms with Crippen LogP contribution in [0.4, 0.5) is 10.7 Å². The monoisotopic (exact) mass is 527 g/mol. The lowest BCUT2D eigenvalue weighted by molar-refractivity contribution is -0.114. The van der Waals surface area contributed by atoms with Crippen LogP contribution in [0.15, 0.2) is 63.4 Å². The highest BCUT2D eigenvalue weighted by atomic mass is 32.2. The van der Waals surface area contributed by atoms with E-state index in [-0.39, 0.29) is 44.6 Å². The molecule has 8 nitrogen and oxygen atoms in total. The minimum atomic E-state index is -0.602. The number of thioether (sulfide) groups is 1. The highest BCUT2D eigenvalue weighted by Gasteiger charge is 2.43. The summed E-state index contributed by atoms with van der Waals surface area (Å²) in [6, 6.07) is 13.2. The predicted molar refractivity (Wildman–Crippen MR) is 143 cm³/mol. The molecule has 0 unspecified atom stereocenters. The van der Waals surface area contributed by atoms with Gasteiger partial charge in [0.2, 0.25) is 5.88 Å². The number of carbonyl (C=O) groups is 2. The third-order valence-corrected chi connectivity index (χ3v) is 8.72. The molecule has 3 aliphatic rings. The maximum absolute atomic E-state index is 14.1. The number of benzene rings is 1. The fourth-order valence-electron chi connectivity index (χ4n) is 4.86. The molecular weight excluding hydrogens is 506 g/mol. The second kappa shape index (κ2) is 8.77. The molecule has 10 heteroatoms. The first-order valence-electron chi connectivity index (χ1n) is 11.4. The van der Waals surface area contributed by atoms with Crippen LogP contribution in [0.3, 0.4) is 0 Å². The zero-order valence-corrected chi connectivity index (χ0v) is 21.9. The van der Waals surface area contributed by atoms with E-state index in [1.165, 1.54) is 10.3 Å². The van der Waals surface area contributed by atoms with Gasteiger partial charge in [0.1, 0.15) is 22.2 Å². The topological polar surface area (TPSA) is 132 Å². The van der Waals surface area contributed by atoms with Crippen molar-refractivity contribution in [2.75, 3.05) is 9.80 Å². The van der Waals surface area contributed by atoms with Gasteiger partial charge in [0.15, 0.2) is 11.6 Å². The van der Waals surface area contributed by atoms with Gasteiger partial charge in [-0.1, -0.05) is 43.8 Å². The molecule has 1 aromatic carbocycles. The lowest BCUT2D eigenvalue weighted by atomic mass is 9.75. The van der Waals surface area contributed by atoms with Crippen molar-refractivity contribution in [2.24, 2.45) is 5.41 Å².